The van der Waals surface area contributed by atoms with E-state index in [2.05, 4.69) is 35.9 Å². The fourth-order valence-electron chi connectivity index (χ4n) is 4.00. The molecule has 0 saturated heterocycles. The number of rotatable bonds is 11. The number of benzene rings is 1. The molecule has 2 N–H and O–H groups in total. The summed E-state index contributed by atoms with van der Waals surface area (Å²) in [5.41, 5.74) is 0. The van der Waals surface area contributed by atoms with Gasteiger partial charge in [0.25, 0.3) is 5.91 Å². The standard InChI is InChI=1S/C23H35N3O5S/c1-4-7-16-31-21-12-14-22(15-13-21)32(29,30)18-24-17-23(27)26(28)20-10-8-19(9-11-20)25(5-2)6-3/h12-15,19-20,24,28H,5-6,8-11,16-18H2,1-3H3. The van der Waals surface area contributed by atoms with Gasteiger partial charge in [0.2, 0.25) is 0 Å². The molecule has 2 rings (SSSR count). The highest BCUT2D eigenvalue weighted by atomic mass is 32.2. The Hall–Kier alpha value is -2.12. The monoisotopic (exact) mass is 465 g/mol. The predicted molar refractivity (Wildman–Crippen MR) is 123 cm³/mol. The van der Waals surface area contributed by atoms with Gasteiger partial charge in [-0.2, -0.15) is 0 Å². The van der Waals surface area contributed by atoms with Gasteiger partial charge < -0.3 is 9.64 Å². The van der Waals surface area contributed by atoms with Gasteiger partial charge in [-0.25, -0.2) is 13.5 Å². The summed E-state index contributed by atoms with van der Waals surface area (Å²) in [7, 11) is -3.62. The average Bonchev–Trinajstić information content (AvgIpc) is 2.80. The minimum absolute atomic E-state index is 0.127. The van der Waals surface area contributed by atoms with Crippen LogP contribution in [0.25, 0.3) is 0 Å². The lowest BCUT2D eigenvalue weighted by atomic mass is 9.90. The molecule has 1 amide bonds. The molecule has 0 aromatic heterocycles. The van der Waals surface area contributed by atoms with Crippen molar-refractivity contribution >= 4 is 15.7 Å². The fourth-order valence-corrected chi connectivity index (χ4v) is 5.09. The maximum atomic E-state index is 12.5. The van der Waals surface area contributed by atoms with E-state index in [-0.39, 0.29) is 24.1 Å². The van der Waals surface area contributed by atoms with Gasteiger partial charge in [-0.15, -0.1) is 5.92 Å². The SMILES string of the molecule is CC#CCOc1ccc(S(=O)(=O)CNCC(=O)N(O)C2CCC(N(CC)CC)CC2)cc1. The molecule has 0 unspecified atom stereocenters. The quantitative estimate of drug-likeness (QED) is 0.294. The smallest absolute Gasteiger partial charge is 0.260 e. The summed E-state index contributed by atoms with van der Waals surface area (Å²) in [5.74, 6) is 5.09. The Labute approximate surface area is 191 Å². The van der Waals surface area contributed by atoms with Crippen LogP contribution in [0.1, 0.15) is 46.5 Å². The van der Waals surface area contributed by atoms with Crippen LogP contribution >= 0.6 is 0 Å². The third kappa shape index (κ3) is 7.48. The van der Waals surface area contributed by atoms with Crippen LogP contribution in [-0.2, 0) is 14.6 Å². The number of ether oxygens (including phenoxy) is 1. The number of carbonyl (C=O) groups is 1. The average molecular weight is 466 g/mol. The Bertz CT molecular complexity index is 880. The van der Waals surface area contributed by atoms with Gasteiger partial charge in [-0.3, -0.25) is 15.3 Å². The molecule has 1 fully saturated rings. The van der Waals surface area contributed by atoms with Crippen molar-refractivity contribution in [2.75, 3.05) is 32.1 Å². The molecule has 1 aliphatic carbocycles. The number of sulfone groups is 1. The number of nitrogens with one attached hydrogen (secondary N) is 1. The van der Waals surface area contributed by atoms with Gasteiger partial charge in [-0.05, 0) is 70.0 Å². The highest BCUT2D eigenvalue weighted by molar-refractivity contribution is 7.91. The summed E-state index contributed by atoms with van der Waals surface area (Å²) in [6, 6.07) is 6.32. The number of amides is 1. The van der Waals surface area contributed by atoms with Crippen LogP contribution in [0.15, 0.2) is 29.2 Å². The molecule has 1 aliphatic rings. The summed E-state index contributed by atoms with van der Waals surface area (Å²) in [5, 5.41) is 13.7. The molecule has 32 heavy (non-hydrogen) atoms. The van der Waals surface area contributed by atoms with Crippen LogP contribution in [0, 0.1) is 11.8 Å². The molecule has 8 nitrogen and oxygen atoms in total. The molecule has 1 aromatic rings. The van der Waals surface area contributed by atoms with E-state index in [1.165, 1.54) is 12.1 Å². The largest absolute Gasteiger partial charge is 0.481 e. The second-order valence-corrected chi connectivity index (χ2v) is 9.78. The number of hydrogen-bond acceptors (Lipinski definition) is 7. The van der Waals surface area contributed by atoms with Crippen LogP contribution in [0.5, 0.6) is 5.75 Å². The lowest BCUT2D eigenvalue weighted by molar-refractivity contribution is -0.178. The minimum atomic E-state index is -3.62. The van der Waals surface area contributed by atoms with Crippen molar-refractivity contribution < 1.29 is 23.2 Å². The van der Waals surface area contributed by atoms with Gasteiger partial charge in [0, 0.05) is 6.04 Å². The molecule has 0 bridgehead atoms. The lowest BCUT2D eigenvalue weighted by Gasteiger charge is -2.38. The summed E-state index contributed by atoms with van der Waals surface area (Å²) < 4.78 is 30.4. The third-order valence-corrected chi connectivity index (χ3v) is 7.41. The summed E-state index contributed by atoms with van der Waals surface area (Å²) in [6.07, 6.45) is 3.34. The molecule has 178 valence electrons. The Kier molecular flexibility index (Phi) is 10.5. The Balaban J connectivity index is 1.79. The molecular formula is C23H35N3O5S. The van der Waals surface area contributed by atoms with Crippen LogP contribution in [0.4, 0.5) is 0 Å². The zero-order valence-electron chi connectivity index (χ0n) is 19.2. The topological polar surface area (TPSA) is 99.2 Å². The van der Waals surface area contributed by atoms with E-state index < -0.39 is 21.6 Å². The Morgan fingerprint density at radius 3 is 2.28 bits per heavy atom. The number of carbonyl (C=O) groups excluding carboxylic acids is 1. The zero-order chi connectivity index (χ0) is 23.6. The van der Waals surface area contributed by atoms with Gasteiger partial charge in [-0.1, -0.05) is 19.8 Å². The van der Waals surface area contributed by atoms with Gasteiger partial charge in [0.05, 0.1) is 17.5 Å². The van der Waals surface area contributed by atoms with Gasteiger partial charge in [0.15, 0.2) is 9.84 Å². The lowest BCUT2D eigenvalue weighted by Crippen LogP contribution is -2.47. The molecular weight excluding hydrogens is 430 g/mol. The van der Waals surface area contributed by atoms with Gasteiger partial charge >= 0.3 is 0 Å². The molecule has 1 saturated carbocycles. The van der Waals surface area contributed by atoms with Crippen molar-refractivity contribution in [2.45, 2.75) is 63.4 Å². The van der Waals surface area contributed by atoms with Crippen molar-refractivity contribution in [1.82, 2.24) is 15.3 Å². The first-order valence-electron chi connectivity index (χ1n) is 11.1. The second-order valence-electron chi connectivity index (χ2n) is 7.79. The van der Waals surface area contributed by atoms with Gasteiger partial charge in [0.1, 0.15) is 18.2 Å². The van der Waals surface area contributed by atoms with E-state index in [9.17, 15) is 18.4 Å². The fraction of sp³-hybridized carbons (Fsp3) is 0.609. The molecule has 0 atom stereocenters. The van der Waals surface area contributed by atoms with Crippen LogP contribution in [0.3, 0.4) is 0 Å². The minimum Gasteiger partial charge on any atom is -0.481 e. The first kappa shape index (κ1) is 26.1. The molecule has 0 spiro atoms. The molecule has 1 aromatic carbocycles. The number of hydroxylamine groups is 2. The van der Waals surface area contributed by atoms with Crippen molar-refractivity contribution in [1.29, 1.82) is 0 Å². The highest BCUT2D eigenvalue weighted by Crippen LogP contribution is 2.26. The van der Waals surface area contributed by atoms with Crippen LogP contribution < -0.4 is 10.1 Å². The summed E-state index contributed by atoms with van der Waals surface area (Å²) >= 11 is 0. The maximum Gasteiger partial charge on any atom is 0.260 e. The Morgan fingerprint density at radius 2 is 1.72 bits per heavy atom. The molecule has 0 heterocycles. The van der Waals surface area contributed by atoms with E-state index in [4.69, 9.17) is 4.74 Å². The summed E-state index contributed by atoms with van der Waals surface area (Å²) in [4.78, 5) is 14.9. The van der Waals surface area contributed by atoms with E-state index in [0.717, 1.165) is 43.8 Å². The first-order chi connectivity index (χ1) is 15.3. The Morgan fingerprint density at radius 1 is 1.12 bits per heavy atom. The summed E-state index contributed by atoms with van der Waals surface area (Å²) in [6.45, 7) is 7.98. The number of nitrogens with zero attached hydrogens (tertiary/aromatic N) is 2. The maximum absolute atomic E-state index is 12.5. The first-order valence-corrected chi connectivity index (χ1v) is 12.8. The van der Waals surface area contributed by atoms with E-state index in [1.807, 2.05) is 0 Å². The highest BCUT2D eigenvalue weighted by Gasteiger charge is 2.30. The van der Waals surface area contributed by atoms with Crippen molar-refractivity contribution in [3.8, 4) is 17.6 Å². The normalized spacial score (nSPS) is 18.7. The van der Waals surface area contributed by atoms with Crippen molar-refractivity contribution in [3.63, 3.8) is 0 Å². The second kappa shape index (κ2) is 12.8. The third-order valence-electron chi connectivity index (χ3n) is 5.84. The van der Waals surface area contributed by atoms with E-state index >= 15 is 0 Å². The zero-order valence-corrected chi connectivity index (χ0v) is 20.0. The van der Waals surface area contributed by atoms with E-state index in [1.54, 1.807) is 19.1 Å². The molecule has 0 aliphatic heterocycles. The van der Waals surface area contributed by atoms with Crippen molar-refractivity contribution in [3.05, 3.63) is 24.3 Å². The van der Waals surface area contributed by atoms with Crippen LogP contribution in [-0.4, -0.2) is 73.7 Å². The van der Waals surface area contributed by atoms with Crippen LogP contribution in [0.2, 0.25) is 0 Å². The number of hydrogen-bond donors (Lipinski definition) is 2. The van der Waals surface area contributed by atoms with Crippen molar-refractivity contribution in [2.24, 2.45) is 0 Å². The van der Waals surface area contributed by atoms with E-state index in [0.29, 0.717) is 11.8 Å². The predicted octanol–water partition coefficient (Wildman–Crippen LogP) is 2.28. The molecule has 9 heteroatoms. The molecule has 0 radical (unpaired) electrons.